The van der Waals surface area contributed by atoms with Gasteiger partial charge in [0, 0.05) is 48.8 Å². The molecule has 0 bridgehead atoms. The van der Waals surface area contributed by atoms with Gasteiger partial charge in [-0.15, -0.1) is 0 Å². The molecule has 0 saturated carbocycles. The summed E-state index contributed by atoms with van der Waals surface area (Å²) in [7, 11) is 3.28. The number of benzene rings is 3. The average Bonchev–Trinajstić information content (AvgIpc) is 3.46. The number of ether oxygens (including phenoxy) is 1. The fourth-order valence-electron chi connectivity index (χ4n) is 8.41. The minimum atomic E-state index is -0.986. The molecule has 0 saturated heterocycles. The number of aromatic hydroxyl groups is 1. The first-order valence-corrected chi connectivity index (χ1v) is 21.4. The molecule has 1 amide bonds. The summed E-state index contributed by atoms with van der Waals surface area (Å²) in [5.74, 6) is -1.64. The van der Waals surface area contributed by atoms with Crippen molar-refractivity contribution in [2.24, 2.45) is 27.1 Å². The van der Waals surface area contributed by atoms with E-state index < -0.39 is 29.0 Å². The summed E-state index contributed by atoms with van der Waals surface area (Å²) in [4.78, 5) is 36.4. The molecule has 3 heterocycles. The zero-order valence-electron chi connectivity index (χ0n) is 36.3. The number of hydrogen-bond donors (Lipinski definition) is 2. The van der Waals surface area contributed by atoms with E-state index in [9.17, 15) is 9.90 Å². The number of amides is 1. The van der Waals surface area contributed by atoms with Gasteiger partial charge in [0.1, 0.15) is 17.8 Å². The van der Waals surface area contributed by atoms with Crippen molar-refractivity contribution in [1.82, 2.24) is 14.9 Å². The standard InChI is InChI=1S/C47H60F3N7O3/c1-9-12-13-17-47(6,24-29(48)10-2)26-60-46-54-38-22-34(33-23-39(58)42(50)32-15-16-36(49)31(11-3)40(32)33)43-35(20-27(4)28(5)53-43)41(38)44(55-46)57-19-14-18-52-30(25-57)21-37(51)45(59)56(7)8/h15-16,20-23,27-29,58H,9-14,17-19,24-26,51H2,1-8H3/b37-21-. The summed E-state index contributed by atoms with van der Waals surface area (Å²) in [5, 5.41) is 13.5. The van der Waals surface area contributed by atoms with Crippen LogP contribution >= 0.6 is 0 Å². The fraction of sp³-hybridized carbons (Fsp3) is 0.511. The number of aromatic nitrogens is 2. The van der Waals surface area contributed by atoms with Crippen molar-refractivity contribution in [2.45, 2.75) is 105 Å². The predicted molar refractivity (Wildman–Crippen MR) is 235 cm³/mol. The molecule has 0 fully saturated rings. The van der Waals surface area contributed by atoms with Gasteiger partial charge in [0.05, 0.1) is 46.9 Å². The normalized spacial score (nSPS) is 18.6. The lowest BCUT2D eigenvalue weighted by molar-refractivity contribution is -0.124. The first kappa shape index (κ1) is 44.4. The molecule has 3 aromatic carbocycles. The van der Waals surface area contributed by atoms with Crippen LogP contribution in [0.5, 0.6) is 11.8 Å². The number of alkyl halides is 1. The van der Waals surface area contributed by atoms with Crippen LogP contribution in [0.25, 0.3) is 38.9 Å². The van der Waals surface area contributed by atoms with Crippen LogP contribution in [0.3, 0.4) is 0 Å². The first-order valence-electron chi connectivity index (χ1n) is 21.4. The third kappa shape index (κ3) is 9.24. The molecule has 13 heteroatoms. The molecule has 2 aliphatic rings. The number of carbonyl (C=O) groups is 1. The molecule has 3 N–H and O–H groups in total. The highest BCUT2D eigenvalue weighted by Crippen LogP contribution is 2.39. The molecule has 4 unspecified atom stereocenters. The van der Waals surface area contributed by atoms with E-state index in [-0.39, 0.29) is 54.5 Å². The Kier molecular flexibility index (Phi) is 13.7. The lowest BCUT2D eigenvalue weighted by Gasteiger charge is -2.31. The van der Waals surface area contributed by atoms with Crippen molar-refractivity contribution >= 4 is 45.2 Å². The number of aliphatic imine (C=N–C) groups is 1. The molecule has 4 atom stereocenters. The maximum absolute atomic E-state index is 15.7. The van der Waals surface area contributed by atoms with Crippen molar-refractivity contribution in [1.29, 1.82) is 0 Å². The maximum atomic E-state index is 15.7. The molecule has 60 heavy (non-hydrogen) atoms. The van der Waals surface area contributed by atoms with E-state index in [4.69, 9.17) is 30.4 Å². The average molecular weight is 828 g/mol. The topological polar surface area (TPSA) is 130 Å². The number of phenols is 1. The van der Waals surface area contributed by atoms with E-state index in [2.05, 4.69) is 31.7 Å². The predicted octanol–water partition coefficient (Wildman–Crippen LogP) is 8.12. The highest BCUT2D eigenvalue weighted by molar-refractivity contribution is 6.07. The van der Waals surface area contributed by atoms with Gasteiger partial charge in [0.25, 0.3) is 5.91 Å². The zero-order valence-corrected chi connectivity index (χ0v) is 36.3. The number of hydrogen-bond acceptors (Lipinski definition) is 9. The summed E-state index contributed by atoms with van der Waals surface area (Å²) in [6.45, 7) is 13.5. The van der Waals surface area contributed by atoms with Crippen LogP contribution in [0.2, 0.25) is 0 Å². The summed E-state index contributed by atoms with van der Waals surface area (Å²) >= 11 is 0. The van der Waals surface area contributed by atoms with E-state index in [1.165, 1.54) is 23.1 Å². The number of phenolic OH excluding ortho intramolecular Hbond substituents is 1. The summed E-state index contributed by atoms with van der Waals surface area (Å²) in [6, 6.07) is 5.74. The molecule has 6 rings (SSSR count). The number of nitrogens with two attached hydrogens (primary N) is 1. The second kappa shape index (κ2) is 18.6. The van der Waals surface area contributed by atoms with E-state index in [0.29, 0.717) is 82.2 Å². The number of likely N-dealkylation sites (N-methyl/N-ethyl adjacent to an activating group) is 1. The lowest BCUT2D eigenvalue weighted by Crippen LogP contribution is -2.38. The summed E-state index contributed by atoms with van der Waals surface area (Å²) in [5.41, 5.74) is 8.23. The first-order chi connectivity index (χ1) is 28.6. The smallest absolute Gasteiger partial charge is 0.318 e. The Morgan fingerprint density at radius 3 is 2.58 bits per heavy atom. The molecule has 0 aliphatic carbocycles. The van der Waals surface area contributed by atoms with Gasteiger partial charge < -0.3 is 25.4 Å². The summed E-state index contributed by atoms with van der Waals surface area (Å²) < 4.78 is 52.8. The molecule has 1 aromatic heterocycles. The van der Waals surface area contributed by atoms with Gasteiger partial charge in [-0.25, -0.2) is 13.2 Å². The molecule has 0 radical (unpaired) electrons. The Hall–Kier alpha value is -5.20. The molecule has 322 valence electrons. The van der Waals surface area contributed by atoms with Gasteiger partial charge in [-0.2, -0.15) is 9.97 Å². The second-order valence-electron chi connectivity index (χ2n) is 17.1. The maximum Gasteiger partial charge on any atom is 0.318 e. The summed E-state index contributed by atoms with van der Waals surface area (Å²) in [6.07, 6.45) is 8.23. The number of nitrogens with zero attached hydrogens (tertiary/aromatic N) is 6. The third-order valence-corrected chi connectivity index (χ3v) is 12.0. The van der Waals surface area contributed by atoms with Gasteiger partial charge in [-0.1, -0.05) is 60.0 Å². The molecule has 2 aliphatic heterocycles. The number of halogens is 3. The molecular weight excluding hydrogens is 768 g/mol. The Morgan fingerprint density at radius 2 is 1.88 bits per heavy atom. The Balaban J connectivity index is 1.64. The minimum absolute atomic E-state index is 0.00110. The number of carbonyl (C=O) groups excluding carboxylic acids is 1. The molecule has 4 aromatic rings. The number of unbranched alkanes of at least 4 members (excludes halogenated alkanes) is 2. The van der Waals surface area contributed by atoms with Crippen LogP contribution in [-0.2, 0) is 11.2 Å². The van der Waals surface area contributed by atoms with Crippen LogP contribution in [-0.4, -0.2) is 84.1 Å². The van der Waals surface area contributed by atoms with E-state index in [1.54, 1.807) is 20.2 Å². The minimum Gasteiger partial charge on any atom is -0.505 e. The largest absolute Gasteiger partial charge is 0.505 e. The highest BCUT2D eigenvalue weighted by atomic mass is 19.1. The highest BCUT2D eigenvalue weighted by Gasteiger charge is 2.31. The molecule has 10 nitrogen and oxygen atoms in total. The number of aryl methyl sites for hydroxylation is 1. The van der Waals surface area contributed by atoms with Crippen LogP contribution in [0.4, 0.5) is 19.0 Å². The van der Waals surface area contributed by atoms with Gasteiger partial charge in [-0.3, -0.25) is 14.8 Å². The molecule has 0 spiro atoms. The van der Waals surface area contributed by atoms with Crippen LogP contribution in [0, 0.1) is 23.0 Å². The van der Waals surface area contributed by atoms with Crippen LogP contribution < -0.4 is 25.9 Å². The Bertz CT molecular complexity index is 2450. The van der Waals surface area contributed by atoms with Gasteiger partial charge in [0.15, 0.2) is 11.6 Å². The number of anilines is 1. The lowest BCUT2D eigenvalue weighted by atomic mass is 9.80. The monoisotopic (exact) mass is 827 g/mol. The third-order valence-electron chi connectivity index (χ3n) is 12.0. The van der Waals surface area contributed by atoms with E-state index in [1.807, 2.05) is 26.8 Å². The van der Waals surface area contributed by atoms with Crippen molar-refractivity contribution in [3.05, 3.63) is 63.8 Å². The zero-order chi connectivity index (χ0) is 43.5. The van der Waals surface area contributed by atoms with Gasteiger partial charge in [-0.05, 0) is 91.8 Å². The van der Waals surface area contributed by atoms with Gasteiger partial charge in [0.2, 0.25) is 0 Å². The number of rotatable bonds is 15. The van der Waals surface area contributed by atoms with Gasteiger partial charge >= 0.3 is 6.01 Å². The van der Waals surface area contributed by atoms with E-state index >= 15 is 13.2 Å². The fourth-order valence-corrected chi connectivity index (χ4v) is 8.41. The van der Waals surface area contributed by atoms with Crippen molar-refractivity contribution in [2.75, 3.05) is 45.2 Å². The van der Waals surface area contributed by atoms with Crippen molar-refractivity contribution in [3.8, 4) is 22.9 Å². The Morgan fingerprint density at radius 1 is 1.12 bits per heavy atom. The Labute approximate surface area is 351 Å². The number of fused-ring (bicyclic) bond motifs is 4. The quantitative estimate of drug-likeness (QED) is 0.0915. The van der Waals surface area contributed by atoms with E-state index in [0.717, 1.165) is 30.9 Å². The van der Waals surface area contributed by atoms with Crippen molar-refractivity contribution < 1.29 is 27.8 Å². The second-order valence-corrected chi connectivity index (χ2v) is 17.1. The molecular formula is C47H60F3N7O3. The SMILES string of the molecule is CCCCCC(C)(COc1nc(N2CCCN=C(/C=C(\N)C(=O)N(C)C)C2)c2c3c(c(-c4cc(O)c(F)c5ccc(F)c(CC)c45)cc2n1)=NC(C)C(C)C=3)CC(F)CC. The van der Waals surface area contributed by atoms with Crippen molar-refractivity contribution in [3.63, 3.8) is 0 Å². The van der Waals surface area contributed by atoms with Crippen LogP contribution in [0.1, 0.15) is 92.1 Å². The van der Waals surface area contributed by atoms with Crippen LogP contribution in [0.15, 0.2) is 46.0 Å².